The number of rotatable bonds is 8. The van der Waals surface area contributed by atoms with Crippen LogP contribution < -0.4 is 11.1 Å². The minimum atomic E-state index is -6.09. The molecule has 1 unspecified atom stereocenters. The van der Waals surface area contributed by atoms with Crippen LogP contribution in [0.4, 0.5) is 26.3 Å². The van der Waals surface area contributed by atoms with Crippen LogP contribution in [0, 0.1) is 5.92 Å². The Labute approximate surface area is 160 Å². The molecule has 0 aliphatic heterocycles. The van der Waals surface area contributed by atoms with Crippen LogP contribution in [0.5, 0.6) is 0 Å². The molecule has 0 aromatic rings. The number of hydrogen-bond acceptors (Lipinski definition) is 6. The Morgan fingerprint density at radius 1 is 0.929 bits per heavy atom. The Morgan fingerprint density at radius 3 is 1.50 bits per heavy atom. The fourth-order valence-corrected chi connectivity index (χ4v) is 1.48. The number of unbranched alkanes of at least 4 members (excludes halogenated alkanes) is 1. The smallest absolute Gasteiger partial charge is 0.485 e. The van der Waals surface area contributed by atoms with Gasteiger partial charge in [-0.15, -0.1) is 0 Å². The molecule has 0 aliphatic rings. The van der Waals surface area contributed by atoms with E-state index in [1.165, 1.54) is 38.8 Å². The monoisotopic (exact) mass is 472 g/mol. The van der Waals surface area contributed by atoms with Gasteiger partial charge in [0.25, 0.3) is 0 Å². The third kappa shape index (κ3) is 18.7. The largest absolute Gasteiger partial charge is 0.741 e. The molecule has 0 heterocycles. The van der Waals surface area contributed by atoms with Gasteiger partial charge in [0.1, 0.15) is 13.1 Å². The van der Waals surface area contributed by atoms with Gasteiger partial charge in [0.2, 0.25) is 0 Å². The molecule has 0 aromatic heterocycles. The van der Waals surface area contributed by atoms with Crippen LogP contribution in [0.25, 0.3) is 0 Å². The van der Waals surface area contributed by atoms with E-state index >= 15 is 0 Å². The minimum absolute atomic E-state index is 0.941. The highest BCUT2D eigenvalue weighted by Gasteiger charge is 2.37. The van der Waals surface area contributed by atoms with Gasteiger partial charge in [-0.2, -0.15) is 26.3 Å². The summed E-state index contributed by atoms with van der Waals surface area (Å²) < 4.78 is 118. The molecule has 0 spiro atoms. The molecule has 0 fully saturated rings. The van der Waals surface area contributed by atoms with Crippen LogP contribution in [-0.4, -0.2) is 56.6 Å². The maximum absolute atomic E-state index is 10.7. The molecular weight excluding hydrogens is 446 g/mol. The maximum atomic E-state index is 10.7. The molecule has 0 aromatic carbocycles. The highest BCUT2D eigenvalue weighted by Crippen LogP contribution is 2.21. The summed E-state index contributed by atoms with van der Waals surface area (Å²) in [5.41, 5.74) is -7.45. The highest BCUT2D eigenvalue weighted by atomic mass is 32.2. The lowest BCUT2D eigenvalue weighted by atomic mass is 9.99. The topological polar surface area (TPSA) is 159 Å². The summed E-state index contributed by atoms with van der Waals surface area (Å²) in [6.45, 7) is 8.14. The molecule has 1 atom stereocenters. The molecular formula is C12H26F6N2O6S2. The highest BCUT2D eigenvalue weighted by molar-refractivity contribution is 7.86. The average molecular weight is 472 g/mol. The molecule has 0 amide bonds. The van der Waals surface area contributed by atoms with Gasteiger partial charge in [-0.25, -0.2) is 16.8 Å². The van der Waals surface area contributed by atoms with Crippen LogP contribution in [0.2, 0.25) is 0 Å². The molecule has 8 nitrogen and oxygen atoms in total. The fraction of sp³-hybridized carbons (Fsp3) is 1.00. The van der Waals surface area contributed by atoms with Gasteiger partial charge in [0.15, 0.2) is 20.2 Å². The lowest BCUT2D eigenvalue weighted by molar-refractivity contribution is -0.675. The van der Waals surface area contributed by atoms with Crippen molar-refractivity contribution in [2.24, 2.45) is 5.92 Å². The van der Waals surface area contributed by atoms with Crippen molar-refractivity contribution < 1.29 is 63.3 Å². The Balaban J connectivity index is -0.000000347. The van der Waals surface area contributed by atoms with E-state index < -0.39 is 31.3 Å². The van der Waals surface area contributed by atoms with Crippen LogP contribution in [0.15, 0.2) is 0 Å². The van der Waals surface area contributed by atoms with Gasteiger partial charge < -0.3 is 20.2 Å². The number of halogens is 6. The molecule has 0 saturated carbocycles. The zero-order valence-electron chi connectivity index (χ0n) is 15.3. The number of quaternary nitrogens is 2. The summed E-state index contributed by atoms with van der Waals surface area (Å²) >= 11 is 0. The van der Waals surface area contributed by atoms with E-state index in [0.29, 0.717) is 0 Å². The molecule has 0 radical (unpaired) electrons. The summed E-state index contributed by atoms with van der Waals surface area (Å²) in [4.78, 5) is 0. The van der Waals surface area contributed by atoms with E-state index in [0.717, 1.165) is 12.5 Å². The van der Waals surface area contributed by atoms with Crippen molar-refractivity contribution in [3.63, 3.8) is 0 Å². The molecule has 0 bridgehead atoms. The van der Waals surface area contributed by atoms with Gasteiger partial charge >= 0.3 is 11.0 Å². The van der Waals surface area contributed by atoms with Crippen LogP contribution in [-0.2, 0) is 20.2 Å². The molecule has 0 saturated heterocycles. The van der Waals surface area contributed by atoms with Crippen molar-refractivity contribution in [1.29, 1.82) is 0 Å². The predicted octanol–water partition coefficient (Wildman–Crippen LogP) is 0.111. The second-order valence-electron chi connectivity index (χ2n) is 5.38. The molecule has 174 valence electrons. The lowest BCUT2D eigenvalue weighted by Crippen LogP contribution is -2.89. The molecule has 16 heteroatoms. The van der Waals surface area contributed by atoms with Crippen molar-refractivity contribution >= 4 is 20.2 Å². The maximum Gasteiger partial charge on any atom is 0.485 e. The predicted molar refractivity (Wildman–Crippen MR) is 84.2 cm³/mol. The minimum Gasteiger partial charge on any atom is -0.741 e. The Kier molecular flexibility index (Phi) is 16.4. The lowest BCUT2D eigenvalue weighted by Gasteiger charge is -2.11. The van der Waals surface area contributed by atoms with Crippen molar-refractivity contribution in [2.75, 3.05) is 19.6 Å². The number of hydrogen-bond donors (Lipinski definition) is 2. The number of alkyl halides is 6. The Hall–Kier alpha value is -0.680. The van der Waals surface area contributed by atoms with Gasteiger partial charge in [0, 0.05) is 5.92 Å². The second kappa shape index (κ2) is 14.3. The summed E-state index contributed by atoms with van der Waals surface area (Å²) in [6, 6.07) is 0. The zero-order valence-corrected chi connectivity index (χ0v) is 17.0. The normalized spacial score (nSPS) is 13.7. The van der Waals surface area contributed by atoms with Crippen molar-refractivity contribution in [2.45, 2.75) is 50.5 Å². The van der Waals surface area contributed by atoms with E-state index in [-0.39, 0.29) is 0 Å². The third-order valence-electron chi connectivity index (χ3n) is 3.02. The fourth-order valence-electron chi connectivity index (χ4n) is 1.48. The summed E-state index contributed by atoms with van der Waals surface area (Å²) in [5, 5.41) is 2.41. The zero-order chi connectivity index (χ0) is 23.2. The first-order valence-corrected chi connectivity index (χ1v) is 10.8. The molecule has 5 N–H and O–H groups in total. The Morgan fingerprint density at radius 2 is 1.29 bits per heavy atom. The first kappa shape index (κ1) is 32.0. The average Bonchev–Trinajstić information content (AvgIpc) is 2.48. The molecule has 0 rings (SSSR count). The van der Waals surface area contributed by atoms with E-state index in [9.17, 15) is 26.3 Å². The molecule has 28 heavy (non-hydrogen) atoms. The van der Waals surface area contributed by atoms with E-state index in [1.807, 2.05) is 0 Å². The van der Waals surface area contributed by atoms with Gasteiger partial charge in [-0.1, -0.05) is 26.7 Å². The van der Waals surface area contributed by atoms with E-state index in [2.05, 4.69) is 24.9 Å². The summed E-state index contributed by atoms with van der Waals surface area (Å²) in [5.74, 6) is 0.941. The van der Waals surface area contributed by atoms with Crippen molar-refractivity contribution in [1.82, 2.24) is 0 Å². The molecule has 0 aliphatic carbocycles. The first-order valence-electron chi connectivity index (χ1n) is 8.00. The quantitative estimate of drug-likeness (QED) is 0.221. The van der Waals surface area contributed by atoms with Crippen LogP contribution in [0.1, 0.15) is 39.5 Å². The second-order valence-corrected chi connectivity index (χ2v) is 8.13. The number of nitrogens with two attached hydrogens (primary N) is 1. The van der Waals surface area contributed by atoms with Crippen LogP contribution >= 0.6 is 0 Å². The van der Waals surface area contributed by atoms with Gasteiger partial charge in [-0.3, -0.25) is 0 Å². The van der Waals surface area contributed by atoms with Gasteiger partial charge in [0.05, 0.1) is 6.54 Å². The SMILES string of the molecule is CCCCC(CC)C[NH2+]CC[NH3+].O=S(=O)([O-])C(F)(F)F.O=S(=O)([O-])C(F)(F)F. The third-order valence-corrected chi connectivity index (χ3v) is 4.15. The van der Waals surface area contributed by atoms with E-state index in [1.54, 1.807) is 0 Å². The standard InChI is InChI=1S/C10H24N2.2CHF3O3S/c1-3-5-6-10(4-2)9-12-8-7-11;2*2-1(3,4)8(5,6)7/h10,12H,3-9,11H2,1-2H3;2*(H,5,6,7). The van der Waals surface area contributed by atoms with Gasteiger partial charge in [-0.05, 0) is 12.8 Å². The summed E-state index contributed by atoms with van der Waals surface area (Å²) in [7, 11) is -12.2. The first-order chi connectivity index (χ1) is 12.3. The summed E-state index contributed by atoms with van der Waals surface area (Å²) in [6.07, 6.45) is 5.50. The van der Waals surface area contributed by atoms with Crippen molar-refractivity contribution in [3.8, 4) is 0 Å². The Bertz CT molecular complexity index is 551. The van der Waals surface area contributed by atoms with E-state index in [4.69, 9.17) is 25.9 Å². The van der Waals surface area contributed by atoms with Crippen molar-refractivity contribution in [3.05, 3.63) is 0 Å². The van der Waals surface area contributed by atoms with Crippen LogP contribution in [0.3, 0.4) is 0 Å².